The normalized spacial score (nSPS) is 17.6. The fourth-order valence-corrected chi connectivity index (χ4v) is 2.77. The summed E-state index contributed by atoms with van der Waals surface area (Å²) in [5.74, 6) is 0.104. The van der Waals surface area contributed by atoms with E-state index in [4.69, 9.17) is 0 Å². The van der Waals surface area contributed by atoms with Crippen LogP contribution >= 0.6 is 0 Å². The Balaban J connectivity index is 2.06. The summed E-state index contributed by atoms with van der Waals surface area (Å²) in [7, 11) is 0. The highest BCUT2D eigenvalue weighted by Gasteiger charge is 2.23. The lowest BCUT2D eigenvalue weighted by Gasteiger charge is -2.18. The van der Waals surface area contributed by atoms with Gasteiger partial charge in [0.05, 0.1) is 5.69 Å². The van der Waals surface area contributed by atoms with Gasteiger partial charge >= 0.3 is 0 Å². The molecule has 1 heterocycles. The molecule has 4 nitrogen and oxygen atoms in total. The fourth-order valence-electron chi connectivity index (χ4n) is 2.77. The first kappa shape index (κ1) is 14.1. The van der Waals surface area contributed by atoms with Gasteiger partial charge < -0.3 is 5.32 Å². The summed E-state index contributed by atoms with van der Waals surface area (Å²) in [5, 5.41) is 7.71. The number of carbonyl (C=O) groups excluding carboxylic acids is 1. The lowest BCUT2D eigenvalue weighted by atomic mass is 10.2. The molecule has 1 N–H and O–H groups in total. The number of aryl methyl sites for hydroxylation is 2. The number of hydrogen-bond donors (Lipinski definition) is 1. The first-order chi connectivity index (χ1) is 9.15. The van der Waals surface area contributed by atoms with Gasteiger partial charge in [-0.1, -0.05) is 26.7 Å². The fraction of sp³-hybridized carbons (Fsp3) is 0.733. The maximum atomic E-state index is 12.3. The quantitative estimate of drug-likeness (QED) is 0.887. The summed E-state index contributed by atoms with van der Waals surface area (Å²) in [6.45, 7) is 6.14. The second-order valence-corrected chi connectivity index (χ2v) is 5.44. The third-order valence-corrected chi connectivity index (χ3v) is 4.04. The molecule has 0 aromatic carbocycles. The molecule has 1 amide bonds. The summed E-state index contributed by atoms with van der Waals surface area (Å²) < 4.78 is 1.89. The Bertz CT molecular complexity index is 433. The third kappa shape index (κ3) is 3.17. The molecule has 19 heavy (non-hydrogen) atoms. The highest BCUT2D eigenvalue weighted by molar-refractivity contribution is 5.80. The number of carbonyl (C=O) groups is 1. The molecule has 1 aromatic rings. The van der Waals surface area contributed by atoms with Gasteiger partial charge in [-0.05, 0) is 38.7 Å². The van der Waals surface area contributed by atoms with Gasteiger partial charge in [-0.3, -0.25) is 9.48 Å². The van der Waals surface area contributed by atoms with Crippen molar-refractivity contribution in [2.45, 2.75) is 71.4 Å². The molecule has 106 valence electrons. The van der Waals surface area contributed by atoms with E-state index in [2.05, 4.69) is 30.3 Å². The molecule has 1 unspecified atom stereocenters. The average Bonchev–Trinajstić information content (AvgIpc) is 3.05. The second kappa shape index (κ2) is 6.22. The van der Waals surface area contributed by atoms with Crippen molar-refractivity contribution in [2.24, 2.45) is 0 Å². The van der Waals surface area contributed by atoms with E-state index in [1.165, 1.54) is 12.8 Å². The number of rotatable bonds is 5. The maximum absolute atomic E-state index is 12.3. The monoisotopic (exact) mass is 263 g/mol. The molecule has 0 saturated heterocycles. The molecular formula is C15H25N3O. The lowest BCUT2D eigenvalue weighted by Crippen LogP contribution is -2.38. The van der Waals surface area contributed by atoms with Crippen LogP contribution in [0.5, 0.6) is 0 Å². The zero-order valence-electron chi connectivity index (χ0n) is 12.3. The van der Waals surface area contributed by atoms with Crippen LogP contribution in [0.1, 0.15) is 63.9 Å². The zero-order chi connectivity index (χ0) is 13.8. The van der Waals surface area contributed by atoms with Crippen molar-refractivity contribution < 1.29 is 4.79 Å². The van der Waals surface area contributed by atoms with Crippen LogP contribution in [0, 0.1) is 0 Å². The second-order valence-electron chi connectivity index (χ2n) is 5.44. The van der Waals surface area contributed by atoms with Crippen LogP contribution < -0.4 is 5.32 Å². The molecule has 0 bridgehead atoms. The van der Waals surface area contributed by atoms with Gasteiger partial charge in [0.1, 0.15) is 6.04 Å². The van der Waals surface area contributed by atoms with Gasteiger partial charge in [0.25, 0.3) is 0 Å². The molecule has 1 aliphatic carbocycles. The number of amides is 1. The van der Waals surface area contributed by atoms with Crippen LogP contribution in [0.15, 0.2) is 6.07 Å². The highest BCUT2D eigenvalue weighted by atomic mass is 16.2. The van der Waals surface area contributed by atoms with E-state index in [0.29, 0.717) is 6.04 Å². The standard InChI is InChI=1S/C15H25N3O/c1-4-12-10-14(5-2)18(17-12)11(3)15(19)16-13-8-6-7-9-13/h10-11,13H,4-9H2,1-3H3,(H,16,19). The SMILES string of the molecule is CCc1cc(CC)n(C(C)C(=O)NC2CCCC2)n1. The largest absolute Gasteiger partial charge is 0.352 e. The molecule has 1 aromatic heterocycles. The van der Waals surface area contributed by atoms with Crippen molar-refractivity contribution in [3.8, 4) is 0 Å². The topological polar surface area (TPSA) is 46.9 Å². The molecule has 0 spiro atoms. The first-order valence-electron chi connectivity index (χ1n) is 7.53. The van der Waals surface area contributed by atoms with Gasteiger partial charge in [-0.15, -0.1) is 0 Å². The molecular weight excluding hydrogens is 238 g/mol. The highest BCUT2D eigenvalue weighted by Crippen LogP contribution is 2.19. The Kier molecular flexibility index (Phi) is 4.61. The molecule has 1 aliphatic rings. The van der Waals surface area contributed by atoms with Gasteiger partial charge in [-0.2, -0.15) is 5.10 Å². The Hall–Kier alpha value is -1.32. The van der Waals surface area contributed by atoms with Gasteiger partial charge in [0.2, 0.25) is 5.91 Å². The maximum Gasteiger partial charge on any atom is 0.244 e. The number of hydrogen-bond acceptors (Lipinski definition) is 2. The van der Waals surface area contributed by atoms with E-state index in [0.717, 1.165) is 37.1 Å². The van der Waals surface area contributed by atoms with E-state index < -0.39 is 0 Å². The molecule has 1 saturated carbocycles. The van der Waals surface area contributed by atoms with Gasteiger partial charge in [-0.25, -0.2) is 0 Å². The van der Waals surface area contributed by atoms with Gasteiger partial charge in [0, 0.05) is 11.7 Å². The minimum Gasteiger partial charge on any atom is -0.352 e. The van der Waals surface area contributed by atoms with Crippen LogP contribution in [0.3, 0.4) is 0 Å². The van der Waals surface area contributed by atoms with E-state index in [9.17, 15) is 4.79 Å². The molecule has 0 aliphatic heterocycles. The van der Waals surface area contributed by atoms with E-state index >= 15 is 0 Å². The van der Waals surface area contributed by atoms with Crippen LogP contribution in [0.4, 0.5) is 0 Å². The van der Waals surface area contributed by atoms with E-state index in [1.54, 1.807) is 0 Å². The first-order valence-corrected chi connectivity index (χ1v) is 7.53. The Morgan fingerprint density at radius 1 is 1.42 bits per heavy atom. The summed E-state index contributed by atoms with van der Waals surface area (Å²) in [5.41, 5.74) is 2.21. The minimum atomic E-state index is -0.212. The summed E-state index contributed by atoms with van der Waals surface area (Å²) in [4.78, 5) is 12.3. The van der Waals surface area contributed by atoms with Crippen LogP contribution in [-0.4, -0.2) is 21.7 Å². The molecule has 2 rings (SSSR count). The van der Waals surface area contributed by atoms with Gasteiger partial charge in [0.15, 0.2) is 0 Å². The molecule has 4 heteroatoms. The Morgan fingerprint density at radius 3 is 2.68 bits per heavy atom. The van der Waals surface area contributed by atoms with Crippen molar-refractivity contribution >= 4 is 5.91 Å². The molecule has 1 fully saturated rings. The lowest BCUT2D eigenvalue weighted by molar-refractivity contribution is -0.124. The van der Waals surface area contributed by atoms with Crippen LogP contribution in [-0.2, 0) is 17.6 Å². The number of nitrogens with zero attached hydrogens (tertiary/aromatic N) is 2. The molecule has 1 atom stereocenters. The van der Waals surface area contributed by atoms with Crippen molar-refractivity contribution in [3.63, 3.8) is 0 Å². The Morgan fingerprint density at radius 2 is 2.11 bits per heavy atom. The smallest absolute Gasteiger partial charge is 0.244 e. The van der Waals surface area contributed by atoms with Crippen LogP contribution in [0.25, 0.3) is 0 Å². The van der Waals surface area contributed by atoms with Crippen LogP contribution in [0.2, 0.25) is 0 Å². The predicted octanol–water partition coefficient (Wildman–Crippen LogP) is 2.63. The van der Waals surface area contributed by atoms with Crippen molar-refractivity contribution in [2.75, 3.05) is 0 Å². The predicted molar refractivity (Wildman–Crippen MR) is 76.1 cm³/mol. The minimum absolute atomic E-state index is 0.104. The average molecular weight is 263 g/mol. The van der Waals surface area contributed by atoms with E-state index in [-0.39, 0.29) is 11.9 Å². The summed E-state index contributed by atoms with van der Waals surface area (Å²) >= 11 is 0. The molecule has 0 radical (unpaired) electrons. The van der Waals surface area contributed by atoms with Crippen molar-refractivity contribution in [3.05, 3.63) is 17.5 Å². The summed E-state index contributed by atoms with van der Waals surface area (Å²) in [6.07, 6.45) is 6.55. The number of aromatic nitrogens is 2. The van der Waals surface area contributed by atoms with Crippen molar-refractivity contribution in [1.29, 1.82) is 0 Å². The number of nitrogens with one attached hydrogen (secondary N) is 1. The third-order valence-electron chi connectivity index (χ3n) is 4.04. The van der Waals surface area contributed by atoms with E-state index in [1.807, 2.05) is 11.6 Å². The van der Waals surface area contributed by atoms with Crippen molar-refractivity contribution in [1.82, 2.24) is 15.1 Å². The Labute approximate surface area is 115 Å². The zero-order valence-corrected chi connectivity index (χ0v) is 12.3. The summed E-state index contributed by atoms with van der Waals surface area (Å²) in [6, 6.07) is 2.27.